The van der Waals surface area contributed by atoms with E-state index >= 15 is 0 Å². The summed E-state index contributed by atoms with van der Waals surface area (Å²) >= 11 is 0. The van der Waals surface area contributed by atoms with Crippen molar-refractivity contribution in [2.75, 3.05) is 6.54 Å². The van der Waals surface area contributed by atoms with E-state index in [1.807, 2.05) is 19.9 Å². The zero-order valence-electron chi connectivity index (χ0n) is 5.98. The van der Waals surface area contributed by atoms with Gasteiger partial charge in [0, 0.05) is 6.54 Å². The standard InChI is InChI=1S/C7H13NO/c1-4-7(2,3)5-8-6-9/h4,6H,1,5H2,2-3H3,(H,8,9). The summed E-state index contributed by atoms with van der Waals surface area (Å²) in [7, 11) is 0. The number of carbonyl (C=O) groups excluding carboxylic acids is 1. The zero-order valence-corrected chi connectivity index (χ0v) is 5.98. The van der Waals surface area contributed by atoms with Crippen LogP contribution >= 0.6 is 0 Å². The van der Waals surface area contributed by atoms with Gasteiger partial charge in [0.1, 0.15) is 0 Å². The minimum Gasteiger partial charge on any atom is -0.358 e. The molecule has 2 nitrogen and oxygen atoms in total. The molecule has 0 spiro atoms. The predicted molar refractivity (Wildman–Crippen MR) is 38.0 cm³/mol. The molecule has 0 fully saturated rings. The molecule has 0 atom stereocenters. The molecule has 2 heteroatoms. The lowest BCUT2D eigenvalue weighted by Gasteiger charge is -2.17. The molecule has 0 aromatic rings. The van der Waals surface area contributed by atoms with Crippen molar-refractivity contribution in [2.45, 2.75) is 13.8 Å². The van der Waals surface area contributed by atoms with Crippen molar-refractivity contribution in [1.29, 1.82) is 0 Å². The van der Waals surface area contributed by atoms with Crippen LogP contribution in [0.3, 0.4) is 0 Å². The Morgan fingerprint density at radius 2 is 2.22 bits per heavy atom. The third-order valence-electron chi connectivity index (χ3n) is 1.19. The Labute approximate surface area is 56.0 Å². The Morgan fingerprint density at radius 1 is 1.67 bits per heavy atom. The molecule has 0 saturated heterocycles. The SMILES string of the molecule is C=CC(C)(C)CNC=O. The summed E-state index contributed by atoms with van der Waals surface area (Å²) in [4.78, 5) is 9.82. The minimum absolute atomic E-state index is 0.0148. The topological polar surface area (TPSA) is 29.1 Å². The fraction of sp³-hybridized carbons (Fsp3) is 0.571. The van der Waals surface area contributed by atoms with Gasteiger partial charge in [0.05, 0.1) is 0 Å². The van der Waals surface area contributed by atoms with E-state index in [0.717, 1.165) is 0 Å². The van der Waals surface area contributed by atoms with Crippen molar-refractivity contribution in [3.05, 3.63) is 12.7 Å². The molecule has 1 N–H and O–H groups in total. The monoisotopic (exact) mass is 127 g/mol. The number of carbonyl (C=O) groups is 1. The van der Waals surface area contributed by atoms with Crippen LogP contribution in [0.4, 0.5) is 0 Å². The third kappa shape index (κ3) is 3.76. The van der Waals surface area contributed by atoms with E-state index in [-0.39, 0.29) is 5.41 Å². The highest BCUT2D eigenvalue weighted by atomic mass is 16.1. The average Bonchev–Trinajstić information content (AvgIpc) is 1.84. The molecule has 0 heterocycles. The van der Waals surface area contributed by atoms with Crippen molar-refractivity contribution in [3.63, 3.8) is 0 Å². The molecule has 1 amide bonds. The highest BCUT2D eigenvalue weighted by molar-refractivity contribution is 5.46. The summed E-state index contributed by atoms with van der Waals surface area (Å²) in [6.07, 6.45) is 2.52. The zero-order chi connectivity index (χ0) is 7.33. The molecule has 0 bridgehead atoms. The molecular formula is C7H13NO. The summed E-state index contributed by atoms with van der Waals surface area (Å²) < 4.78 is 0. The van der Waals surface area contributed by atoms with Crippen molar-refractivity contribution >= 4 is 6.41 Å². The maximum atomic E-state index is 9.82. The quantitative estimate of drug-likeness (QED) is 0.442. The number of hydrogen-bond donors (Lipinski definition) is 1. The highest BCUT2D eigenvalue weighted by Gasteiger charge is 2.10. The molecule has 0 aliphatic heterocycles. The highest BCUT2D eigenvalue weighted by Crippen LogP contribution is 2.12. The van der Waals surface area contributed by atoms with Crippen molar-refractivity contribution in [2.24, 2.45) is 5.41 Å². The molecule has 0 unspecified atom stereocenters. The molecule has 52 valence electrons. The van der Waals surface area contributed by atoms with Gasteiger partial charge in [0.2, 0.25) is 6.41 Å². The van der Waals surface area contributed by atoms with Crippen LogP contribution in [0.15, 0.2) is 12.7 Å². The van der Waals surface area contributed by atoms with Gasteiger partial charge < -0.3 is 5.32 Å². The summed E-state index contributed by atoms with van der Waals surface area (Å²) in [6.45, 7) is 8.30. The molecule has 9 heavy (non-hydrogen) atoms. The van der Waals surface area contributed by atoms with Gasteiger partial charge in [-0.2, -0.15) is 0 Å². The first-order valence-electron chi connectivity index (χ1n) is 2.93. The first-order valence-corrected chi connectivity index (χ1v) is 2.93. The molecule has 0 aliphatic carbocycles. The Balaban J connectivity index is 3.57. The fourth-order valence-electron chi connectivity index (χ4n) is 0.377. The Morgan fingerprint density at radius 3 is 2.56 bits per heavy atom. The van der Waals surface area contributed by atoms with Crippen LogP contribution in [0.25, 0.3) is 0 Å². The predicted octanol–water partition coefficient (Wildman–Crippen LogP) is 0.945. The molecule has 0 rings (SSSR count). The molecule has 0 aliphatic rings. The maximum absolute atomic E-state index is 9.82. The van der Waals surface area contributed by atoms with Gasteiger partial charge in [-0.3, -0.25) is 4.79 Å². The van der Waals surface area contributed by atoms with Crippen molar-refractivity contribution in [1.82, 2.24) is 5.32 Å². The number of nitrogens with one attached hydrogen (secondary N) is 1. The average molecular weight is 127 g/mol. The van der Waals surface area contributed by atoms with Gasteiger partial charge in [0.15, 0.2) is 0 Å². The molecule has 0 radical (unpaired) electrons. The van der Waals surface area contributed by atoms with E-state index in [0.29, 0.717) is 13.0 Å². The maximum Gasteiger partial charge on any atom is 0.207 e. The lowest BCUT2D eigenvalue weighted by Crippen LogP contribution is -2.26. The Bertz CT molecular complexity index is 107. The Hall–Kier alpha value is -0.790. The van der Waals surface area contributed by atoms with E-state index in [2.05, 4.69) is 11.9 Å². The van der Waals surface area contributed by atoms with Gasteiger partial charge in [-0.1, -0.05) is 19.9 Å². The summed E-state index contributed by atoms with van der Waals surface area (Å²) in [5.41, 5.74) is 0.0148. The van der Waals surface area contributed by atoms with E-state index in [4.69, 9.17) is 0 Å². The fourth-order valence-corrected chi connectivity index (χ4v) is 0.377. The van der Waals surface area contributed by atoms with E-state index in [1.54, 1.807) is 0 Å². The van der Waals surface area contributed by atoms with Crippen LogP contribution in [0.1, 0.15) is 13.8 Å². The second kappa shape index (κ2) is 3.28. The normalized spacial score (nSPS) is 10.4. The van der Waals surface area contributed by atoms with E-state index in [1.165, 1.54) is 0 Å². The van der Waals surface area contributed by atoms with Gasteiger partial charge in [-0.05, 0) is 5.41 Å². The van der Waals surface area contributed by atoms with E-state index in [9.17, 15) is 4.79 Å². The summed E-state index contributed by atoms with van der Waals surface area (Å²) in [5.74, 6) is 0. The first-order chi connectivity index (χ1) is 4.12. The largest absolute Gasteiger partial charge is 0.358 e. The van der Waals surface area contributed by atoms with Crippen molar-refractivity contribution in [3.8, 4) is 0 Å². The van der Waals surface area contributed by atoms with Gasteiger partial charge in [-0.15, -0.1) is 6.58 Å². The van der Waals surface area contributed by atoms with Gasteiger partial charge in [0.25, 0.3) is 0 Å². The number of amides is 1. The Kier molecular flexibility index (Phi) is 2.99. The molecular weight excluding hydrogens is 114 g/mol. The van der Waals surface area contributed by atoms with Crippen LogP contribution in [0, 0.1) is 5.41 Å². The number of rotatable bonds is 4. The second-order valence-electron chi connectivity index (χ2n) is 2.69. The van der Waals surface area contributed by atoms with Gasteiger partial charge >= 0.3 is 0 Å². The van der Waals surface area contributed by atoms with E-state index < -0.39 is 0 Å². The minimum atomic E-state index is 0.0148. The van der Waals surface area contributed by atoms with Crippen LogP contribution in [0.2, 0.25) is 0 Å². The first kappa shape index (κ1) is 8.21. The lowest BCUT2D eigenvalue weighted by atomic mass is 9.94. The van der Waals surface area contributed by atoms with Crippen LogP contribution in [-0.4, -0.2) is 13.0 Å². The molecule has 0 aromatic heterocycles. The summed E-state index contributed by atoms with van der Waals surface area (Å²) in [5, 5.41) is 2.59. The van der Waals surface area contributed by atoms with Gasteiger partial charge in [-0.25, -0.2) is 0 Å². The van der Waals surface area contributed by atoms with Crippen LogP contribution in [-0.2, 0) is 4.79 Å². The summed E-state index contributed by atoms with van der Waals surface area (Å²) in [6, 6.07) is 0. The van der Waals surface area contributed by atoms with Crippen LogP contribution in [0.5, 0.6) is 0 Å². The third-order valence-corrected chi connectivity index (χ3v) is 1.19. The molecule has 0 aromatic carbocycles. The second-order valence-corrected chi connectivity index (χ2v) is 2.69. The smallest absolute Gasteiger partial charge is 0.207 e. The lowest BCUT2D eigenvalue weighted by molar-refractivity contribution is -0.109. The number of hydrogen-bond acceptors (Lipinski definition) is 1. The van der Waals surface area contributed by atoms with Crippen LogP contribution < -0.4 is 5.32 Å². The molecule has 0 saturated carbocycles. The van der Waals surface area contributed by atoms with Crippen molar-refractivity contribution < 1.29 is 4.79 Å².